The molecule has 0 heterocycles. The van der Waals surface area contributed by atoms with Crippen LogP contribution < -0.4 is 14.2 Å². The number of aromatic hydroxyl groups is 3. The molecule has 0 amide bonds. The van der Waals surface area contributed by atoms with Crippen molar-refractivity contribution in [2.75, 3.05) is 19.8 Å². The maximum Gasteiger partial charge on any atom is 0.203 e. The number of hydrogen-bond acceptors (Lipinski definition) is 8. The second-order valence-corrected chi connectivity index (χ2v) is 10.8. The van der Waals surface area contributed by atoms with Crippen LogP contribution in [0.5, 0.6) is 34.5 Å². The molecular formula is C34H32Cl2O8. The summed E-state index contributed by atoms with van der Waals surface area (Å²) in [5.74, 6) is -0.326. The van der Waals surface area contributed by atoms with E-state index >= 15 is 0 Å². The Morgan fingerprint density at radius 1 is 0.682 bits per heavy atom. The van der Waals surface area contributed by atoms with Gasteiger partial charge in [0.1, 0.15) is 34.5 Å². The van der Waals surface area contributed by atoms with Crippen LogP contribution in [-0.4, -0.2) is 46.7 Å². The largest absolute Gasteiger partial charge is 0.508 e. The Kier molecular flexibility index (Phi) is 11.4. The van der Waals surface area contributed by atoms with Gasteiger partial charge in [-0.15, -0.1) is 0 Å². The number of carbonyl (C=O) groups excluding carboxylic acids is 2. The smallest absolute Gasteiger partial charge is 0.203 e. The van der Waals surface area contributed by atoms with Crippen molar-refractivity contribution < 1.29 is 39.1 Å². The molecule has 0 spiro atoms. The van der Waals surface area contributed by atoms with E-state index in [1.807, 2.05) is 6.92 Å². The highest BCUT2D eigenvalue weighted by Gasteiger charge is 2.19. The Hall–Kier alpha value is -4.40. The minimum atomic E-state index is -0.494. The molecule has 0 aliphatic carbocycles. The van der Waals surface area contributed by atoms with Gasteiger partial charge in [0.2, 0.25) is 11.6 Å². The van der Waals surface area contributed by atoms with Crippen LogP contribution in [0.1, 0.15) is 51.6 Å². The van der Waals surface area contributed by atoms with E-state index in [1.165, 1.54) is 12.1 Å². The standard InChI is InChI=1S/C34H32Cl2O8/c1-2-6-21-16-26(32(41)19-43-24-12-10-23(35)11-13-24)34(18-29(21)38)42-14-5-7-22-15-25(30(39)17-28(22)37)31(40)20-44-33-9-4-3-8-27(33)36/h3-4,8-13,15-18,37-39H,2,5-7,14,19-20H2,1H3. The summed E-state index contributed by atoms with van der Waals surface area (Å²) in [6, 6.07) is 18.9. The van der Waals surface area contributed by atoms with Crippen molar-refractivity contribution in [3.63, 3.8) is 0 Å². The SMILES string of the molecule is CCCc1cc(C(=O)COc2ccc(Cl)cc2)c(OCCCc2cc(C(=O)COc3ccccc3Cl)c(O)cc2O)cc1O. The molecule has 4 aromatic carbocycles. The number of halogens is 2. The fourth-order valence-electron chi connectivity index (χ4n) is 4.45. The van der Waals surface area contributed by atoms with Gasteiger partial charge in [-0.3, -0.25) is 9.59 Å². The van der Waals surface area contributed by atoms with Crippen molar-refractivity contribution in [2.45, 2.75) is 32.6 Å². The number of phenols is 3. The van der Waals surface area contributed by atoms with Crippen molar-refractivity contribution in [1.29, 1.82) is 0 Å². The summed E-state index contributed by atoms with van der Waals surface area (Å²) in [4.78, 5) is 25.9. The Morgan fingerprint density at radius 2 is 1.32 bits per heavy atom. The first-order chi connectivity index (χ1) is 21.2. The highest BCUT2D eigenvalue weighted by Crippen LogP contribution is 2.32. The molecular weight excluding hydrogens is 607 g/mol. The van der Waals surface area contributed by atoms with Crippen LogP contribution in [0.15, 0.2) is 72.8 Å². The molecule has 0 saturated carbocycles. The van der Waals surface area contributed by atoms with E-state index in [0.717, 1.165) is 12.5 Å². The minimum Gasteiger partial charge on any atom is -0.508 e. The molecule has 0 aliphatic heterocycles. The zero-order valence-corrected chi connectivity index (χ0v) is 25.5. The molecule has 0 fully saturated rings. The summed E-state index contributed by atoms with van der Waals surface area (Å²) in [6.07, 6.45) is 2.03. The second kappa shape index (κ2) is 15.4. The number of rotatable bonds is 15. The number of carbonyl (C=O) groups is 2. The second-order valence-electron chi connectivity index (χ2n) is 9.99. The number of para-hydroxylation sites is 1. The number of aryl methyl sites for hydroxylation is 2. The zero-order chi connectivity index (χ0) is 31.6. The summed E-state index contributed by atoms with van der Waals surface area (Å²) in [5.41, 5.74) is 1.32. The third-order valence-electron chi connectivity index (χ3n) is 6.72. The number of ketones is 2. The molecule has 230 valence electrons. The lowest BCUT2D eigenvalue weighted by molar-refractivity contribution is 0.0911. The molecule has 3 N–H and O–H groups in total. The van der Waals surface area contributed by atoms with Gasteiger partial charge in [0, 0.05) is 17.2 Å². The molecule has 8 nitrogen and oxygen atoms in total. The van der Waals surface area contributed by atoms with E-state index in [4.69, 9.17) is 37.4 Å². The monoisotopic (exact) mass is 638 g/mol. The number of hydrogen-bond donors (Lipinski definition) is 3. The Balaban J connectivity index is 1.41. The molecule has 0 bridgehead atoms. The van der Waals surface area contributed by atoms with Crippen LogP contribution in [0.4, 0.5) is 0 Å². The maximum absolute atomic E-state index is 13.1. The first kappa shape index (κ1) is 32.5. The fraction of sp³-hybridized carbons (Fsp3) is 0.235. The Bertz CT molecular complexity index is 1620. The highest BCUT2D eigenvalue weighted by atomic mass is 35.5. The molecule has 0 atom stereocenters. The number of Topliss-reactive ketones (excluding diaryl/α,β-unsaturated/α-hetero) is 2. The summed E-state index contributed by atoms with van der Waals surface area (Å²) >= 11 is 12.0. The summed E-state index contributed by atoms with van der Waals surface area (Å²) in [7, 11) is 0. The average molecular weight is 640 g/mol. The fourth-order valence-corrected chi connectivity index (χ4v) is 4.77. The predicted molar refractivity (Wildman–Crippen MR) is 168 cm³/mol. The molecule has 0 aromatic heterocycles. The summed E-state index contributed by atoms with van der Waals surface area (Å²) in [5, 5.41) is 32.1. The topological polar surface area (TPSA) is 123 Å². The van der Waals surface area contributed by atoms with Gasteiger partial charge >= 0.3 is 0 Å². The van der Waals surface area contributed by atoms with Gasteiger partial charge in [0.15, 0.2) is 13.2 Å². The van der Waals surface area contributed by atoms with Crippen LogP contribution in [-0.2, 0) is 12.8 Å². The number of phenolic OH excluding ortho intramolecular Hbond substituents is 3. The van der Waals surface area contributed by atoms with E-state index in [1.54, 1.807) is 54.6 Å². The third-order valence-corrected chi connectivity index (χ3v) is 7.29. The quantitative estimate of drug-likeness (QED) is 0.0898. The van der Waals surface area contributed by atoms with E-state index in [2.05, 4.69) is 0 Å². The van der Waals surface area contributed by atoms with Gasteiger partial charge in [-0.2, -0.15) is 0 Å². The van der Waals surface area contributed by atoms with Gasteiger partial charge in [0.25, 0.3) is 0 Å². The van der Waals surface area contributed by atoms with Crippen LogP contribution in [0.2, 0.25) is 10.0 Å². The van der Waals surface area contributed by atoms with Gasteiger partial charge < -0.3 is 29.5 Å². The molecule has 0 unspecified atom stereocenters. The lowest BCUT2D eigenvalue weighted by Gasteiger charge is -2.15. The van der Waals surface area contributed by atoms with Crippen molar-refractivity contribution in [3.8, 4) is 34.5 Å². The van der Waals surface area contributed by atoms with E-state index < -0.39 is 5.78 Å². The molecule has 0 aliphatic rings. The van der Waals surface area contributed by atoms with E-state index in [9.17, 15) is 24.9 Å². The summed E-state index contributed by atoms with van der Waals surface area (Å²) in [6.45, 7) is 1.50. The molecule has 0 radical (unpaired) electrons. The Morgan fingerprint density at radius 3 is 2.05 bits per heavy atom. The molecule has 4 rings (SSSR count). The first-order valence-corrected chi connectivity index (χ1v) is 14.8. The van der Waals surface area contributed by atoms with Gasteiger partial charge in [0.05, 0.1) is 22.8 Å². The first-order valence-electron chi connectivity index (χ1n) is 14.0. The third kappa shape index (κ3) is 8.58. The van der Waals surface area contributed by atoms with Gasteiger partial charge in [-0.05, 0) is 78.9 Å². The van der Waals surface area contributed by atoms with Gasteiger partial charge in [-0.25, -0.2) is 0 Å². The normalized spacial score (nSPS) is 10.8. The van der Waals surface area contributed by atoms with E-state index in [-0.39, 0.29) is 59.7 Å². The number of benzene rings is 4. The van der Waals surface area contributed by atoms with Crippen molar-refractivity contribution in [1.82, 2.24) is 0 Å². The van der Waals surface area contributed by atoms with Crippen LogP contribution in [0, 0.1) is 0 Å². The van der Waals surface area contributed by atoms with E-state index in [0.29, 0.717) is 51.9 Å². The lowest BCUT2D eigenvalue weighted by atomic mass is 10.0. The van der Waals surface area contributed by atoms with Crippen LogP contribution in [0.3, 0.4) is 0 Å². The maximum atomic E-state index is 13.1. The zero-order valence-electron chi connectivity index (χ0n) is 24.0. The average Bonchev–Trinajstić information content (AvgIpc) is 3.00. The molecule has 4 aromatic rings. The van der Waals surface area contributed by atoms with Crippen molar-refractivity contribution in [2.24, 2.45) is 0 Å². The molecule has 10 heteroatoms. The molecule has 0 saturated heterocycles. The minimum absolute atomic E-state index is 0.00391. The predicted octanol–water partition coefficient (Wildman–Crippen LogP) is 7.60. The number of ether oxygens (including phenoxy) is 3. The van der Waals surface area contributed by atoms with Crippen molar-refractivity contribution in [3.05, 3.63) is 105 Å². The van der Waals surface area contributed by atoms with Crippen molar-refractivity contribution >= 4 is 34.8 Å². The highest BCUT2D eigenvalue weighted by molar-refractivity contribution is 6.32. The van der Waals surface area contributed by atoms with Crippen LogP contribution in [0.25, 0.3) is 0 Å². The molecule has 44 heavy (non-hydrogen) atoms. The van der Waals surface area contributed by atoms with Gasteiger partial charge in [-0.1, -0.05) is 48.7 Å². The lowest BCUT2D eigenvalue weighted by Crippen LogP contribution is -2.14. The Labute approximate surface area is 265 Å². The van der Waals surface area contributed by atoms with Crippen LogP contribution >= 0.6 is 23.2 Å². The summed E-state index contributed by atoms with van der Waals surface area (Å²) < 4.78 is 17.0.